The first-order valence-electron chi connectivity index (χ1n) is 7.75. The van der Waals surface area contributed by atoms with Crippen molar-refractivity contribution in [2.75, 3.05) is 0 Å². The van der Waals surface area contributed by atoms with Crippen molar-refractivity contribution < 1.29 is 19.4 Å². The third kappa shape index (κ3) is 3.42. The molecule has 118 valence electrons. The number of carboxylic acid groups (broad SMARTS) is 1. The van der Waals surface area contributed by atoms with Gasteiger partial charge in [-0.25, -0.2) is 0 Å². The minimum Gasteiger partial charge on any atom is -0.488 e. The molecule has 0 radical (unpaired) electrons. The van der Waals surface area contributed by atoms with Crippen molar-refractivity contribution in [2.24, 2.45) is 0 Å². The summed E-state index contributed by atoms with van der Waals surface area (Å²) in [6, 6.07) is 13.2. The molecule has 1 aliphatic heterocycles. The van der Waals surface area contributed by atoms with Crippen LogP contribution >= 0.6 is 0 Å². The van der Waals surface area contributed by atoms with E-state index in [0.717, 1.165) is 24.0 Å². The van der Waals surface area contributed by atoms with Crippen LogP contribution in [0.15, 0.2) is 42.5 Å². The number of hydrogen-bond acceptors (Lipinski definition) is 3. The quantitative estimate of drug-likeness (QED) is 0.857. The number of aryl methyl sites for hydroxylation is 1. The van der Waals surface area contributed by atoms with Crippen molar-refractivity contribution in [3.05, 3.63) is 64.7 Å². The zero-order valence-electron chi connectivity index (χ0n) is 12.7. The van der Waals surface area contributed by atoms with Gasteiger partial charge in [-0.15, -0.1) is 0 Å². The minimum absolute atomic E-state index is 0.0134. The number of ether oxygens (including phenoxy) is 1. The van der Waals surface area contributed by atoms with Gasteiger partial charge in [0.15, 0.2) is 5.78 Å². The molecule has 1 heterocycles. The van der Waals surface area contributed by atoms with Gasteiger partial charge in [-0.1, -0.05) is 30.3 Å². The number of carbonyl (C=O) groups is 2. The normalized spacial score (nSPS) is 12.8. The van der Waals surface area contributed by atoms with Crippen LogP contribution in [0.1, 0.15) is 46.3 Å². The first kappa shape index (κ1) is 15.3. The molecule has 0 aliphatic carbocycles. The molecule has 0 unspecified atom stereocenters. The van der Waals surface area contributed by atoms with E-state index in [1.165, 1.54) is 0 Å². The van der Waals surface area contributed by atoms with Gasteiger partial charge in [0.25, 0.3) is 0 Å². The summed E-state index contributed by atoms with van der Waals surface area (Å²) >= 11 is 0. The Balaban J connectivity index is 1.80. The van der Waals surface area contributed by atoms with Crippen LogP contribution in [0.4, 0.5) is 0 Å². The third-order valence-electron chi connectivity index (χ3n) is 4.04. The van der Waals surface area contributed by atoms with Gasteiger partial charge in [0, 0.05) is 17.5 Å². The fourth-order valence-electron chi connectivity index (χ4n) is 2.81. The molecule has 4 nitrogen and oxygen atoms in total. The lowest BCUT2D eigenvalue weighted by atomic mass is 9.96. The zero-order valence-corrected chi connectivity index (χ0v) is 12.7. The Hall–Kier alpha value is -2.62. The molecule has 0 spiro atoms. The van der Waals surface area contributed by atoms with Crippen LogP contribution in [-0.4, -0.2) is 16.9 Å². The standard InChI is InChI=1S/C19H18O4/c20-18(21)8-4-1-5-13-9-10-17-16(11-13)19(22)15-7-3-2-6-14(15)12-23-17/h2-3,6-7,9-11H,1,4-5,8,12H2,(H,20,21). The molecule has 0 saturated carbocycles. The highest BCUT2D eigenvalue weighted by Gasteiger charge is 2.22. The number of ketones is 1. The fraction of sp³-hybridized carbons (Fsp3) is 0.263. The van der Waals surface area contributed by atoms with Crippen molar-refractivity contribution in [3.8, 4) is 5.75 Å². The molecular formula is C19H18O4. The SMILES string of the molecule is O=C(O)CCCCc1ccc2c(c1)C(=O)c1ccccc1CO2. The fourth-order valence-corrected chi connectivity index (χ4v) is 2.81. The second-order valence-corrected chi connectivity index (χ2v) is 5.71. The Labute approximate surface area is 134 Å². The van der Waals surface area contributed by atoms with Crippen LogP contribution in [0.5, 0.6) is 5.75 Å². The molecule has 1 N–H and O–H groups in total. The Morgan fingerprint density at radius 1 is 1.09 bits per heavy atom. The number of aliphatic carboxylic acids is 1. The minimum atomic E-state index is -0.771. The number of rotatable bonds is 5. The molecule has 0 aromatic heterocycles. The average molecular weight is 310 g/mol. The maximum atomic E-state index is 12.7. The molecule has 2 aromatic rings. The van der Waals surface area contributed by atoms with Crippen LogP contribution in [0.25, 0.3) is 0 Å². The van der Waals surface area contributed by atoms with Crippen LogP contribution in [0.3, 0.4) is 0 Å². The predicted molar refractivity (Wildman–Crippen MR) is 85.8 cm³/mol. The number of benzene rings is 2. The number of carboxylic acids is 1. The highest BCUT2D eigenvalue weighted by atomic mass is 16.5. The third-order valence-corrected chi connectivity index (χ3v) is 4.04. The van der Waals surface area contributed by atoms with Crippen LogP contribution in [-0.2, 0) is 17.8 Å². The Bertz CT molecular complexity index is 749. The van der Waals surface area contributed by atoms with Gasteiger partial charge >= 0.3 is 5.97 Å². The van der Waals surface area contributed by atoms with Gasteiger partial charge < -0.3 is 9.84 Å². The highest BCUT2D eigenvalue weighted by Crippen LogP contribution is 2.29. The van der Waals surface area contributed by atoms with Crippen molar-refractivity contribution in [2.45, 2.75) is 32.3 Å². The van der Waals surface area contributed by atoms with E-state index in [4.69, 9.17) is 9.84 Å². The molecule has 1 aliphatic rings. The van der Waals surface area contributed by atoms with Gasteiger partial charge in [0.1, 0.15) is 12.4 Å². The maximum absolute atomic E-state index is 12.7. The Morgan fingerprint density at radius 3 is 2.74 bits per heavy atom. The van der Waals surface area contributed by atoms with Crippen LogP contribution < -0.4 is 4.74 Å². The monoisotopic (exact) mass is 310 g/mol. The van der Waals surface area contributed by atoms with E-state index >= 15 is 0 Å². The summed E-state index contributed by atoms with van der Waals surface area (Å²) < 4.78 is 5.76. The summed E-state index contributed by atoms with van der Waals surface area (Å²) in [7, 11) is 0. The summed E-state index contributed by atoms with van der Waals surface area (Å²) in [5.41, 5.74) is 3.21. The largest absolute Gasteiger partial charge is 0.488 e. The molecule has 0 atom stereocenters. The molecule has 3 rings (SSSR count). The molecule has 0 saturated heterocycles. The number of unbranched alkanes of at least 4 members (excludes halogenated alkanes) is 1. The van der Waals surface area contributed by atoms with Crippen molar-refractivity contribution >= 4 is 11.8 Å². The lowest BCUT2D eigenvalue weighted by molar-refractivity contribution is -0.137. The summed E-state index contributed by atoms with van der Waals surface area (Å²) in [6.45, 7) is 0.396. The van der Waals surface area contributed by atoms with Gasteiger partial charge in [-0.2, -0.15) is 0 Å². The van der Waals surface area contributed by atoms with Gasteiger partial charge in [-0.05, 0) is 37.0 Å². The van der Waals surface area contributed by atoms with Gasteiger partial charge in [-0.3, -0.25) is 9.59 Å². The van der Waals surface area contributed by atoms with Gasteiger partial charge in [0.05, 0.1) is 5.56 Å². The summed E-state index contributed by atoms with van der Waals surface area (Å²) in [5, 5.41) is 8.67. The molecule has 4 heteroatoms. The topological polar surface area (TPSA) is 63.6 Å². The lowest BCUT2D eigenvalue weighted by Crippen LogP contribution is -2.03. The number of hydrogen-bond donors (Lipinski definition) is 1. The van der Waals surface area contributed by atoms with E-state index in [0.29, 0.717) is 29.9 Å². The van der Waals surface area contributed by atoms with E-state index in [-0.39, 0.29) is 12.2 Å². The van der Waals surface area contributed by atoms with Crippen molar-refractivity contribution in [3.63, 3.8) is 0 Å². The number of fused-ring (bicyclic) bond motifs is 2. The maximum Gasteiger partial charge on any atom is 0.303 e. The summed E-state index contributed by atoms with van der Waals surface area (Å²) in [5.74, 6) is -0.173. The lowest BCUT2D eigenvalue weighted by Gasteiger charge is -2.08. The summed E-state index contributed by atoms with van der Waals surface area (Å²) in [4.78, 5) is 23.3. The van der Waals surface area contributed by atoms with E-state index < -0.39 is 5.97 Å². The van der Waals surface area contributed by atoms with Crippen LogP contribution in [0, 0.1) is 0 Å². The molecule has 23 heavy (non-hydrogen) atoms. The van der Waals surface area contributed by atoms with Crippen molar-refractivity contribution in [1.82, 2.24) is 0 Å². The van der Waals surface area contributed by atoms with Crippen molar-refractivity contribution in [1.29, 1.82) is 0 Å². The van der Waals surface area contributed by atoms with E-state index in [2.05, 4.69) is 0 Å². The van der Waals surface area contributed by atoms with E-state index in [1.807, 2.05) is 42.5 Å². The number of carbonyl (C=O) groups excluding carboxylic acids is 1. The molecule has 0 amide bonds. The molecular weight excluding hydrogens is 292 g/mol. The van der Waals surface area contributed by atoms with Gasteiger partial charge in [0.2, 0.25) is 0 Å². The molecule has 0 bridgehead atoms. The highest BCUT2D eigenvalue weighted by molar-refractivity contribution is 6.12. The second-order valence-electron chi connectivity index (χ2n) is 5.71. The van der Waals surface area contributed by atoms with E-state index in [9.17, 15) is 9.59 Å². The average Bonchev–Trinajstić information content (AvgIpc) is 2.69. The smallest absolute Gasteiger partial charge is 0.303 e. The zero-order chi connectivity index (χ0) is 16.2. The molecule has 0 fully saturated rings. The first-order valence-corrected chi connectivity index (χ1v) is 7.75. The second kappa shape index (κ2) is 6.65. The Morgan fingerprint density at radius 2 is 1.91 bits per heavy atom. The summed E-state index contributed by atoms with van der Waals surface area (Å²) in [6.07, 6.45) is 2.37. The van der Waals surface area contributed by atoms with Crippen LogP contribution in [0.2, 0.25) is 0 Å². The Kier molecular flexibility index (Phi) is 4.42. The van der Waals surface area contributed by atoms with E-state index in [1.54, 1.807) is 0 Å². The first-order chi connectivity index (χ1) is 11.1. The molecule has 2 aromatic carbocycles. The predicted octanol–water partition coefficient (Wildman–Crippen LogP) is 3.61.